The van der Waals surface area contributed by atoms with E-state index in [1.54, 1.807) is 19.2 Å². The van der Waals surface area contributed by atoms with Crippen molar-refractivity contribution in [2.24, 2.45) is 5.92 Å². The van der Waals surface area contributed by atoms with E-state index in [0.717, 1.165) is 30.0 Å². The highest BCUT2D eigenvalue weighted by Gasteiger charge is 2.63. The van der Waals surface area contributed by atoms with Gasteiger partial charge in [-0.15, -0.1) is 13.2 Å². The van der Waals surface area contributed by atoms with Crippen molar-refractivity contribution in [2.45, 2.75) is 93.2 Å². The minimum atomic E-state index is -3.97. The molecule has 14 heteroatoms. The van der Waals surface area contributed by atoms with Gasteiger partial charge < -0.3 is 24.7 Å². The Morgan fingerprint density at radius 1 is 1.07 bits per heavy atom. The van der Waals surface area contributed by atoms with Crippen molar-refractivity contribution >= 4 is 55.6 Å². The van der Waals surface area contributed by atoms with Gasteiger partial charge in [-0.3, -0.25) is 19.1 Å². The van der Waals surface area contributed by atoms with Gasteiger partial charge in [-0.25, -0.2) is 13.4 Å². The summed E-state index contributed by atoms with van der Waals surface area (Å²) >= 11 is 0. The molecule has 0 unspecified atom stereocenters. The predicted molar refractivity (Wildman–Crippen MR) is 205 cm³/mol. The topological polar surface area (TPSA) is 173 Å². The van der Waals surface area contributed by atoms with E-state index >= 15 is 0 Å². The zero-order valence-corrected chi connectivity index (χ0v) is 31.1. The standard InChI is InChI=1S/C40H46N6O7S/c1-4-6-7-8-9-17-31(43-38-42-30-16-12-13-18-33(30)53-38)36(48)46-25-28(52-35-29-15-11-10-14-26(29)19-22-41-35)23-32(46)34(47)44-40(24-27(40)5-2)37(49)45-54(50,51)39(3)20-21-39/h4-5,10-16,18-19,22,27-28,31-32H,1-2,6-9,17,20-21,23-25H2,3H3,(H,42,43)(H,44,47)(H,45,49)/t27-,28-,31+,32+,40-/m1/s1. The number of oxazole rings is 1. The van der Waals surface area contributed by atoms with Crippen LogP contribution in [0.4, 0.5) is 6.01 Å². The number of nitrogens with zero attached hydrogens (tertiary/aromatic N) is 3. The molecule has 13 nitrogen and oxygen atoms in total. The fourth-order valence-corrected chi connectivity index (χ4v) is 8.50. The lowest BCUT2D eigenvalue weighted by molar-refractivity contribution is -0.140. The van der Waals surface area contributed by atoms with Crippen LogP contribution in [0.15, 0.2) is 90.5 Å². The number of likely N-dealkylation sites (tertiary alicyclic amines) is 1. The number of nitrogens with one attached hydrogen (secondary N) is 3. The van der Waals surface area contributed by atoms with Crippen LogP contribution in [0, 0.1) is 5.92 Å². The Bertz CT molecular complexity index is 2160. The van der Waals surface area contributed by atoms with Gasteiger partial charge in [0.15, 0.2) is 5.58 Å². The first-order valence-corrected chi connectivity index (χ1v) is 20.0. The highest BCUT2D eigenvalue weighted by atomic mass is 32.2. The zero-order chi connectivity index (χ0) is 38.1. The summed E-state index contributed by atoms with van der Waals surface area (Å²) < 4.78 is 39.7. The summed E-state index contributed by atoms with van der Waals surface area (Å²) in [6.07, 6.45) is 9.34. The number of pyridine rings is 1. The SMILES string of the molecule is C=CCCCCC[C@H](Nc1nc2ccccc2o1)C(=O)N1C[C@H](Oc2nccc3ccccc23)C[C@H]1C(=O)N[C@]1(C(=O)NS(=O)(=O)C2(C)CC2)C[C@H]1C=C. The third-order valence-electron chi connectivity index (χ3n) is 10.9. The molecule has 3 heterocycles. The predicted octanol–water partition coefficient (Wildman–Crippen LogP) is 5.40. The highest BCUT2D eigenvalue weighted by Crippen LogP contribution is 2.47. The average Bonchev–Trinajstić information content (AvgIpc) is 3.98. The van der Waals surface area contributed by atoms with Crippen LogP contribution in [-0.2, 0) is 24.4 Å². The first-order valence-electron chi connectivity index (χ1n) is 18.5. The molecule has 0 spiro atoms. The number of hydrogen-bond donors (Lipinski definition) is 3. The lowest BCUT2D eigenvalue weighted by atomic mass is 10.0. The summed E-state index contributed by atoms with van der Waals surface area (Å²) in [5.74, 6) is -1.89. The maximum atomic E-state index is 14.7. The molecule has 5 atom stereocenters. The van der Waals surface area contributed by atoms with E-state index in [4.69, 9.17) is 9.15 Å². The molecule has 1 saturated heterocycles. The molecule has 0 radical (unpaired) electrons. The number of para-hydroxylation sites is 2. The fraction of sp³-hybridized carbons (Fsp3) is 0.425. The van der Waals surface area contributed by atoms with Gasteiger partial charge in [0.2, 0.25) is 27.7 Å². The number of sulfonamides is 1. The number of unbranched alkanes of at least 4 members (excludes halogenated alkanes) is 3. The second kappa shape index (κ2) is 14.9. The van der Waals surface area contributed by atoms with Crippen molar-refractivity contribution in [3.8, 4) is 5.88 Å². The first-order chi connectivity index (χ1) is 26.0. The van der Waals surface area contributed by atoms with Crippen LogP contribution in [0.3, 0.4) is 0 Å². The summed E-state index contributed by atoms with van der Waals surface area (Å²) in [6, 6.07) is 15.1. The Morgan fingerprint density at radius 2 is 1.85 bits per heavy atom. The van der Waals surface area contributed by atoms with Crippen LogP contribution in [0.5, 0.6) is 5.88 Å². The van der Waals surface area contributed by atoms with E-state index in [9.17, 15) is 22.8 Å². The number of carbonyl (C=O) groups is 3. The Hall–Kier alpha value is -5.24. The number of aromatic nitrogens is 2. The molecule has 0 bridgehead atoms. The van der Waals surface area contributed by atoms with Crippen molar-refractivity contribution in [1.29, 1.82) is 0 Å². The van der Waals surface area contributed by atoms with E-state index in [0.29, 0.717) is 42.7 Å². The van der Waals surface area contributed by atoms with Gasteiger partial charge in [-0.1, -0.05) is 55.3 Å². The molecule has 1 aliphatic heterocycles. The fourth-order valence-electron chi connectivity index (χ4n) is 7.19. The summed E-state index contributed by atoms with van der Waals surface area (Å²) in [5.41, 5.74) is -0.327. The number of fused-ring (bicyclic) bond motifs is 2. The second-order valence-electron chi connectivity index (χ2n) is 14.8. The molecule has 3 fully saturated rings. The Morgan fingerprint density at radius 3 is 2.59 bits per heavy atom. The summed E-state index contributed by atoms with van der Waals surface area (Å²) in [5, 5.41) is 7.78. The number of ether oxygens (including phenoxy) is 1. The van der Waals surface area contributed by atoms with Crippen molar-refractivity contribution in [1.82, 2.24) is 24.9 Å². The highest BCUT2D eigenvalue weighted by molar-refractivity contribution is 7.91. The van der Waals surface area contributed by atoms with Crippen molar-refractivity contribution in [2.75, 3.05) is 11.9 Å². The number of rotatable bonds is 17. The van der Waals surface area contributed by atoms with Gasteiger partial charge in [-0.05, 0) is 75.1 Å². The number of benzene rings is 2. The van der Waals surface area contributed by atoms with Crippen molar-refractivity contribution in [3.05, 3.63) is 86.1 Å². The number of anilines is 1. The molecule has 4 aromatic rings. The van der Waals surface area contributed by atoms with Crippen LogP contribution in [0.25, 0.3) is 21.9 Å². The Balaban J connectivity index is 1.17. The smallest absolute Gasteiger partial charge is 0.296 e. The number of hydrogen-bond acceptors (Lipinski definition) is 10. The van der Waals surface area contributed by atoms with E-state index in [1.165, 1.54) is 11.0 Å². The summed E-state index contributed by atoms with van der Waals surface area (Å²) in [7, 11) is -3.97. The number of carbonyl (C=O) groups excluding carboxylic acids is 3. The molecule has 2 aliphatic carbocycles. The Kier molecular flexibility index (Phi) is 10.2. The molecule has 284 valence electrons. The minimum absolute atomic E-state index is 0.0564. The van der Waals surface area contributed by atoms with Gasteiger partial charge in [0.05, 0.1) is 11.3 Å². The lowest BCUT2D eigenvalue weighted by Crippen LogP contribution is -2.58. The van der Waals surface area contributed by atoms with Crippen LogP contribution in [-0.4, -0.2) is 76.0 Å². The van der Waals surface area contributed by atoms with Crippen molar-refractivity contribution in [3.63, 3.8) is 0 Å². The number of allylic oxidation sites excluding steroid dienone is 1. The second-order valence-corrected chi connectivity index (χ2v) is 17.0. The maximum absolute atomic E-state index is 14.7. The third kappa shape index (κ3) is 7.43. The monoisotopic (exact) mass is 754 g/mol. The van der Waals surface area contributed by atoms with Gasteiger partial charge in [-0.2, -0.15) is 4.98 Å². The minimum Gasteiger partial charge on any atom is -0.472 e. The number of amides is 3. The van der Waals surface area contributed by atoms with Gasteiger partial charge in [0.25, 0.3) is 11.9 Å². The largest absolute Gasteiger partial charge is 0.472 e. The molecule has 2 aromatic carbocycles. The first kappa shape index (κ1) is 37.1. The molecule has 3 amide bonds. The Labute approximate surface area is 314 Å². The van der Waals surface area contributed by atoms with Crippen LogP contribution < -0.4 is 20.1 Å². The van der Waals surface area contributed by atoms with Crippen molar-refractivity contribution < 1.29 is 32.0 Å². The molecule has 2 aromatic heterocycles. The van der Waals surface area contributed by atoms with Crippen LogP contribution >= 0.6 is 0 Å². The van der Waals surface area contributed by atoms with Crippen LogP contribution in [0.2, 0.25) is 0 Å². The zero-order valence-electron chi connectivity index (χ0n) is 30.3. The van der Waals surface area contributed by atoms with E-state index in [2.05, 4.69) is 38.5 Å². The molecule has 54 heavy (non-hydrogen) atoms. The van der Waals surface area contributed by atoms with E-state index < -0.39 is 56.2 Å². The molecule has 3 aliphatic rings. The molecule has 3 N–H and O–H groups in total. The van der Waals surface area contributed by atoms with E-state index in [1.807, 2.05) is 54.6 Å². The quantitative estimate of drug-likeness (QED) is 0.0936. The van der Waals surface area contributed by atoms with Gasteiger partial charge in [0, 0.05) is 23.9 Å². The normalized spacial score (nSPS) is 23.4. The maximum Gasteiger partial charge on any atom is 0.296 e. The van der Waals surface area contributed by atoms with E-state index in [-0.39, 0.29) is 31.3 Å². The van der Waals surface area contributed by atoms with Gasteiger partial charge >= 0.3 is 0 Å². The molecular formula is C40H46N6O7S. The molecule has 7 rings (SSSR count). The lowest BCUT2D eigenvalue weighted by Gasteiger charge is -2.29. The molecular weight excluding hydrogens is 709 g/mol. The summed E-state index contributed by atoms with van der Waals surface area (Å²) in [6.45, 7) is 9.26. The van der Waals surface area contributed by atoms with Crippen LogP contribution in [0.1, 0.15) is 64.7 Å². The average molecular weight is 755 g/mol. The third-order valence-corrected chi connectivity index (χ3v) is 13.1. The summed E-state index contributed by atoms with van der Waals surface area (Å²) in [4.78, 5) is 53.3. The molecule has 2 saturated carbocycles. The van der Waals surface area contributed by atoms with Gasteiger partial charge in [0.1, 0.15) is 29.2 Å².